The second-order valence-electron chi connectivity index (χ2n) is 4.21. The van der Waals surface area contributed by atoms with Gasteiger partial charge in [-0.2, -0.15) is 0 Å². The van der Waals surface area contributed by atoms with Gasteiger partial charge >= 0.3 is 0 Å². The fraction of sp³-hybridized carbons (Fsp3) is 0.250. The number of alkyl halides is 1. The zero-order valence-corrected chi connectivity index (χ0v) is 11.2. The van der Waals surface area contributed by atoms with E-state index in [2.05, 4.69) is 31.2 Å². The Hall–Kier alpha value is -1.47. The lowest BCUT2D eigenvalue weighted by molar-refractivity contribution is 0.269. The van der Waals surface area contributed by atoms with Gasteiger partial charge in [-0.25, -0.2) is 0 Å². The Morgan fingerprint density at radius 1 is 0.944 bits per heavy atom. The molecule has 0 aliphatic heterocycles. The van der Waals surface area contributed by atoms with Crippen LogP contribution in [0.15, 0.2) is 54.6 Å². The van der Waals surface area contributed by atoms with Crippen LogP contribution in [0.5, 0.6) is 5.75 Å². The summed E-state index contributed by atoms with van der Waals surface area (Å²) >= 11 is 6.05. The first-order valence-electron chi connectivity index (χ1n) is 6.26. The molecular formula is C16H17ClO. The van der Waals surface area contributed by atoms with E-state index in [-0.39, 0.29) is 5.56 Å². The van der Waals surface area contributed by atoms with Gasteiger partial charge in [0.1, 0.15) is 5.75 Å². The molecule has 0 bridgehead atoms. The predicted molar refractivity (Wildman–Crippen MR) is 77.1 cm³/mol. The number of hydrogen-bond acceptors (Lipinski definition) is 1. The van der Waals surface area contributed by atoms with Crippen molar-refractivity contribution in [2.45, 2.75) is 25.3 Å². The van der Waals surface area contributed by atoms with Gasteiger partial charge in [0.05, 0.1) is 0 Å². The van der Waals surface area contributed by atoms with Crippen LogP contribution in [0.1, 0.15) is 19.8 Å². The van der Waals surface area contributed by atoms with Crippen LogP contribution < -0.4 is 4.74 Å². The maximum absolute atomic E-state index is 6.05. The first-order chi connectivity index (χ1) is 8.79. The molecule has 0 saturated heterocycles. The van der Waals surface area contributed by atoms with Crippen molar-refractivity contribution in [1.82, 2.24) is 0 Å². The monoisotopic (exact) mass is 260 g/mol. The maximum Gasteiger partial charge on any atom is 0.172 e. The molecule has 0 aliphatic carbocycles. The van der Waals surface area contributed by atoms with Crippen molar-refractivity contribution >= 4 is 11.6 Å². The Kier molecular flexibility index (Phi) is 4.66. The average Bonchev–Trinajstić information content (AvgIpc) is 2.41. The molecule has 0 spiro atoms. The Morgan fingerprint density at radius 2 is 1.56 bits per heavy atom. The maximum atomic E-state index is 6.05. The molecule has 1 unspecified atom stereocenters. The topological polar surface area (TPSA) is 9.23 Å². The molecule has 94 valence electrons. The van der Waals surface area contributed by atoms with Crippen molar-refractivity contribution in [3.63, 3.8) is 0 Å². The highest BCUT2D eigenvalue weighted by atomic mass is 35.5. The second kappa shape index (κ2) is 6.46. The summed E-state index contributed by atoms with van der Waals surface area (Å²) in [6, 6.07) is 18.3. The highest BCUT2D eigenvalue weighted by molar-refractivity contribution is 6.19. The van der Waals surface area contributed by atoms with Crippen molar-refractivity contribution in [2.75, 3.05) is 0 Å². The Balaban J connectivity index is 2.06. The number of hydrogen-bond donors (Lipinski definition) is 0. The van der Waals surface area contributed by atoms with Crippen LogP contribution in [0, 0.1) is 0 Å². The van der Waals surface area contributed by atoms with Gasteiger partial charge < -0.3 is 4.74 Å². The molecule has 1 nitrogen and oxygen atoms in total. The van der Waals surface area contributed by atoms with E-state index in [1.165, 1.54) is 11.1 Å². The highest BCUT2D eigenvalue weighted by Gasteiger charge is 2.04. The number of ether oxygens (including phenoxy) is 1. The molecule has 0 aromatic heterocycles. The SMILES string of the molecule is CCCC(Cl)Oc1ccc(-c2ccccc2)cc1. The zero-order chi connectivity index (χ0) is 12.8. The summed E-state index contributed by atoms with van der Waals surface area (Å²) < 4.78 is 5.61. The van der Waals surface area contributed by atoms with Crippen LogP contribution in [-0.2, 0) is 0 Å². The lowest BCUT2D eigenvalue weighted by Crippen LogP contribution is -2.07. The van der Waals surface area contributed by atoms with E-state index in [9.17, 15) is 0 Å². The summed E-state index contributed by atoms with van der Waals surface area (Å²) in [7, 11) is 0. The van der Waals surface area contributed by atoms with Crippen molar-refractivity contribution < 1.29 is 4.74 Å². The van der Waals surface area contributed by atoms with Crippen molar-refractivity contribution in [2.24, 2.45) is 0 Å². The van der Waals surface area contributed by atoms with Gasteiger partial charge in [0.2, 0.25) is 0 Å². The van der Waals surface area contributed by atoms with Crippen LogP contribution >= 0.6 is 11.6 Å². The highest BCUT2D eigenvalue weighted by Crippen LogP contribution is 2.23. The van der Waals surface area contributed by atoms with Gasteiger partial charge in [0.15, 0.2) is 5.56 Å². The molecule has 0 N–H and O–H groups in total. The summed E-state index contributed by atoms with van der Waals surface area (Å²) in [6.45, 7) is 2.09. The molecule has 2 rings (SSSR count). The van der Waals surface area contributed by atoms with Crippen LogP contribution in [0.25, 0.3) is 11.1 Å². The van der Waals surface area contributed by atoms with Crippen molar-refractivity contribution in [3.05, 3.63) is 54.6 Å². The molecule has 0 fully saturated rings. The third-order valence-electron chi connectivity index (χ3n) is 2.74. The van der Waals surface area contributed by atoms with Crippen molar-refractivity contribution in [3.8, 4) is 16.9 Å². The lowest BCUT2D eigenvalue weighted by atomic mass is 10.1. The molecule has 0 amide bonds. The van der Waals surface area contributed by atoms with Crippen molar-refractivity contribution in [1.29, 1.82) is 0 Å². The molecule has 0 aliphatic rings. The molecule has 2 aromatic carbocycles. The summed E-state index contributed by atoms with van der Waals surface area (Å²) in [5, 5.41) is 0. The zero-order valence-electron chi connectivity index (χ0n) is 10.5. The second-order valence-corrected chi connectivity index (χ2v) is 4.69. The first kappa shape index (κ1) is 13.0. The standard InChI is InChI=1S/C16H17ClO/c1-2-6-16(17)18-15-11-9-14(10-12-15)13-7-4-3-5-8-13/h3-5,7-12,16H,2,6H2,1H3. The van der Waals surface area contributed by atoms with E-state index in [0.29, 0.717) is 0 Å². The number of halogens is 1. The van der Waals surface area contributed by atoms with Gasteiger partial charge in [-0.1, -0.05) is 67.4 Å². The van der Waals surface area contributed by atoms with Gasteiger partial charge in [-0.3, -0.25) is 0 Å². The quantitative estimate of drug-likeness (QED) is 0.680. The smallest absolute Gasteiger partial charge is 0.172 e. The van der Waals surface area contributed by atoms with Crippen LogP contribution in [-0.4, -0.2) is 5.56 Å². The third kappa shape index (κ3) is 3.51. The lowest BCUT2D eigenvalue weighted by Gasteiger charge is -2.12. The van der Waals surface area contributed by atoms with Gasteiger partial charge in [0, 0.05) is 0 Å². The Labute approximate surface area is 113 Å². The largest absolute Gasteiger partial charge is 0.475 e. The molecule has 18 heavy (non-hydrogen) atoms. The summed E-state index contributed by atoms with van der Waals surface area (Å²) in [5.74, 6) is 0.822. The summed E-state index contributed by atoms with van der Waals surface area (Å²) in [5.41, 5.74) is 2.15. The van der Waals surface area contributed by atoms with E-state index < -0.39 is 0 Å². The fourth-order valence-corrected chi connectivity index (χ4v) is 2.11. The van der Waals surface area contributed by atoms with E-state index >= 15 is 0 Å². The van der Waals surface area contributed by atoms with Gasteiger partial charge in [-0.05, 0) is 29.7 Å². The first-order valence-corrected chi connectivity index (χ1v) is 6.69. The van der Waals surface area contributed by atoms with E-state index in [0.717, 1.165) is 18.6 Å². The summed E-state index contributed by atoms with van der Waals surface area (Å²) in [6.07, 6.45) is 1.89. The third-order valence-corrected chi connectivity index (χ3v) is 3.05. The average molecular weight is 261 g/mol. The van der Waals surface area contributed by atoms with Crippen LogP contribution in [0.2, 0.25) is 0 Å². The minimum absolute atomic E-state index is 0.238. The fourth-order valence-electron chi connectivity index (χ4n) is 1.79. The normalized spacial score (nSPS) is 12.1. The molecule has 1 atom stereocenters. The molecule has 0 radical (unpaired) electrons. The molecule has 2 heteroatoms. The number of rotatable bonds is 5. The minimum Gasteiger partial charge on any atom is -0.475 e. The van der Waals surface area contributed by atoms with E-state index in [4.69, 9.17) is 16.3 Å². The summed E-state index contributed by atoms with van der Waals surface area (Å²) in [4.78, 5) is 0. The van der Waals surface area contributed by atoms with Crippen LogP contribution in [0.3, 0.4) is 0 Å². The molecule has 0 saturated carbocycles. The van der Waals surface area contributed by atoms with Crippen LogP contribution in [0.4, 0.5) is 0 Å². The molecular weight excluding hydrogens is 244 g/mol. The Morgan fingerprint density at radius 3 is 2.17 bits per heavy atom. The number of benzene rings is 2. The molecule has 2 aromatic rings. The Bertz CT molecular complexity index is 464. The van der Waals surface area contributed by atoms with E-state index in [1.54, 1.807) is 0 Å². The van der Waals surface area contributed by atoms with Gasteiger partial charge in [0.25, 0.3) is 0 Å². The predicted octanol–water partition coefficient (Wildman–Crippen LogP) is 5.10. The van der Waals surface area contributed by atoms with E-state index in [1.807, 2.05) is 30.3 Å². The minimum atomic E-state index is -0.238. The molecule has 0 heterocycles. The van der Waals surface area contributed by atoms with Gasteiger partial charge in [-0.15, -0.1) is 0 Å².